The molecule has 0 heterocycles. The molecule has 0 amide bonds. The smallest absolute Gasteiger partial charge is 0.341 e. The van der Waals surface area contributed by atoms with Crippen molar-refractivity contribution in [3.8, 4) is 0 Å². The molecule has 0 saturated carbocycles. The highest BCUT2D eigenvalue weighted by Gasteiger charge is 2.39. The Morgan fingerprint density at radius 2 is 2.08 bits per heavy atom. The Morgan fingerprint density at radius 1 is 1.62 bits per heavy atom. The topological polar surface area (TPSA) is 41.6 Å². The summed E-state index contributed by atoms with van der Waals surface area (Å²) in [4.78, 5) is 3.95. The highest BCUT2D eigenvalue weighted by atomic mass is 19.4. The molecule has 3 nitrogen and oxygen atoms in total. The average Bonchev–Trinajstić information content (AvgIpc) is 1.96. The van der Waals surface area contributed by atoms with Crippen LogP contribution in [0, 0.1) is 0 Å². The van der Waals surface area contributed by atoms with Crippen LogP contribution in [-0.4, -0.2) is 30.1 Å². The summed E-state index contributed by atoms with van der Waals surface area (Å²) in [6.45, 7) is 4.54. The molecular formula is C7H12F3N3. The average molecular weight is 195 g/mol. The first-order valence-electron chi connectivity index (χ1n) is 3.55. The van der Waals surface area contributed by atoms with E-state index >= 15 is 0 Å². The van der Waals surface area contributed by atoms with Crippen LogP contribution in [-0.2, 0) is 0 Å². The predicted octanol–water partition coefficient (Wildman–Crippen LogP) is 1.33. The number of alkyl halides is 3. The Hall–Kier alpha value is -1.04. The molecule has 0 aromatic rings. The van der Waals surface area contributed by atoms with Gasteiger partial charge in [-0.05, 0) is 6.92 Å². The van der Waals surface area contributed by atoms with Gasteiger partial charge in [0.1, 0.15) is 0 Å². The number of amidine groups is 1. The summed E-state index contributed by atoms with van der Waals surface area (Å²) >= 11 is 0. The molecule has 1 atom stereocenters. The van der Waals surface area contributed by atoms with Gasteiger partial charge in [-0.3, -0.25) is 0 Å². The second-order valence-corrected chi connectivity index (χ2v) is 2.48. The number of aliphatic imine (C=N–C) groups is 1. The lowest BCUT2D eigenvalue weighted by atomic mass is 10.4. The van der Waals surface area contributed by atoms with E-state index in [1.54, 1.807) is 0 Å². The summed E-state index contributed by atoms with van der Waals surface area (Å²) in [5, 5.41) is 0. The van der Waals surface area contributed by atoms with Crippen molar-refractivity contribution in [2.75, 3.05) is 7.05 Å². The van der Waals surface area contributed by atoms with Crippen LogP contribution in [0.15, 0.2) is 17.8 Å². The minimum Gasteiger partial charge on any atom is -0.341 e. The van der Waals surface area contributed by atoms with Gasteiger partial charge in [-0.15, -0.1) is 0 Å². The van der Waals surface area contributed by atoms with Crippen molar-refractivity contribution in [2.24, 2.45) is 10.7 Å². The molecule has 0 bridgehead atoms. The molecule has 6 heteroatoms. The maximum Gasteiger partial charge on any atom is 0.449 e. The maximum atomic E-state index is 12.2. The van der Waals surface area contributed by atoms with E-state index in [4.69, 9.17) is 5.73 Å². The van der Waals surface area contributed by atoms with Gasteiger partial charge in [0, 0.05) is 13.2 Å². The molecule has 0 spiro atoms. The molecule has 0 aliphatic carbocycles. The van der Waals surface area contributed by atoms with E-state index in [0.29, 0.717) is 0 Å². The van der Waals surface area contributed by atoms with Crippen LogP contribution in [0.1, 0.15) is 6.92 Å². The maximum absolute atomic E-state index is 12.2. The minimum atomic E-state index is -4.50. The van der Waals surface area contributed by atoms with Gasteiger partial charge in [0.2, 0.25) is 5.84 Å². The summed E-state index contributed by atoms with van der Waals surface area (Å²) in [5.41, 5.74) is 5.27. The lowest BCUT2D eigenvalue weighted by Gasteiger charge is -2.25. The Balaban J connectivity index is 4.83. The van der Waals surface area contributed by atoms with E-state index in [1.807, 2.05) is 0 Å². The molecular weight excluding hydrogens is 183 g/mol. The molecule has 0 aliphatic rings. The van der Waals surface area contributed by atoms with Gasteiger partial charge >= 0.3 is 6.18 Å². The fraction of sp³-hybridized carbons (Fsp3) is 0.571. The first-order valence-corrected chi connectivity index (χ1v) is 3.55. The fourth-order valence-corrected chi connectivity index (χ4v) is 0.644. The quantitative estimate of drug-likeness (QED) is 0.410. The van der Waals surface area contributed by atoms with Crippen molar-refractivity contribution < 1.29 is 13.2 Å². The Labute approximate surface area is 74.7 Å². The highest BCUT2D eigenvalue weighted by molar-refractivity contribution is 5.88. The summed E-state index contributed by atoms with van der Waals surface area (Å²) < 4.78 is 36.7. The zero-order chi connectivity index (χ0) is 10.6. The number of nitrogens with two attached hydrogens (primary N) is 1. The monoisotopic (exact) mass is 195 g/mol. The number of hydrogen-bond acceptors (Lipinski definition) is 2. The largest absolute Gasteiger partial charge is 0.449 e. The van der Waals surface area contributed by atoms with E-state index in [-0.39, 0.29) is 0 Å². The third-order valence-corrected chi connectivity index (χ3v) is 1.41. The van der Waals surface area contributed by atoms with Crippen molar-refractivity contribution >= 4 is 5.84 Å². The second kappa shape index (κ2) is 4.27. The predicted molar refractivity (Wildman–Crippen MR) is 45.1 cm³/mol. The SMILES string of the molecule is C=CN=C(N(C)C(C)N)C(F)(F)F. The Kier molecular flexibility index (Phi) is 3.93. The first kappa shape index (κ1) is 12.0. The van der Waals surface area contributed by atoms with Crippen LogP contribution < -0.4 is 5.73 Å². The first-order chi connectivity index (χ1) is 5.80. The van der Waals surface area contributed by atoms with Crippen molar-refractivity contribution in [1.29, 1.82) is 0 Å². The van der Waals surface area contributed by atoms with Crippen LogP contribution in [0.2, 0.25) is 0 Å². The van der Waals surface area contributed by atoms with Crippen LogP contribution in [0.5, 0.6) is 0 Å². The lowest BCUT2D eigenvalue weighted by Crippen LogP contribution is -2.47. The zero-order valence-corrected chi connectivity index (χ0v) is 7.47. The molecule has 13 heavy (non-hydrogen) atoms. The summed E-state index contributed by atoms with van der Waals surface area (Å²) in [5.74, 6) is -1.04. The van der Waals surface area contributed by atoms with Gasteiger partial charge in [0.25, 0.3) is 0 Å². The normalized spacial score (nSPS) is 15.4. The molecule has 0 aromatic carbocycles. The van der Waals surface area contributed by atoms with Crippen molar-refractivity contribution in [2.45, 2.75) is 19.3 Å². The van der Waals surface area contributed by atoms with Gasteiger partial charge in [-0.25, -0.2) is 4.99 Å². The number of hydrogen-bond donors (Lipinski definition) is 1. The molecule has 2 N–H and O–H groups in total. The van der Waals surface area contributed by atoms with E-state index in [9.17, 15) is 13.2 Å². The van der Waals surface area contributed by atoms with E-state index in [2.05, 4.69) is 11.6 Å². The Morgan fingerprint density at radius 3 is 2.31 bits per heavy atom. The summed E-state index contributed by atoms with van der Waals surface area (Å²) in [6.07, 6.45) is -4.42. The molecule has 0 rings (SSSR count). The Bertz CT molecular complexity index is 208. The van der Waals surface area contributed by atoms with Gasteiger partial charge in [-0.1, -0.05) is 6.58 Å². The van der Waals surface area contributed by atoms with E-state index in [1.165, 1.54) is 14.0 Å². The molecule has 1 unspecified atom stereocenters. The van der Waals surface area contributed by atoms with Gasteiger partial charge < -0.3 is 10.6 Å². The van der Waals surface area contributed by atoms with Crippen LogP contribution in [0.3, 0.4) is 0 Å². The standard InChI is InChI=1S/C7H12F3N3/c1-4-12-6(7(8,9)10)13(3)5(2)11/h4-5H,1,11H2,2-3H3. The number of halogens is 3. The fourth-order valence-electron chi connectivity index (χ4n) is 0.644. The lowest BCUT2D eigenvalue weighted by molar-refractivity contribution is -0.0691. The third kappa shape index (κ3) is 3.45. The molecule has 0 radical (unpaired) electrons. The van der Waals surface area contributed by atoms with Crippen molar-refractivity contribution in [3.05, 3.63) is 12.8 Å². The molecule has 0 fully saturated rings. The van der Waals surface area contributed by atoms with Gasteiger partial charge in [0.05, 0.1) is 6.17 Å². The summed E-state index contributed by atoms with van der Waals surface area (Å²) in [7, 11) is 1.22. The highest BCUT2D eigenvalue weighted by Crippen LogP contribution is 2.19. The molecule has 0 aromatic heterocycles. The van der Waals surface area contributed by atoms with Gasteiger partial charge in [0.15, 0.2) is 0 Å². The van der Waals surface area contributed by atoms with Crippen molar-refractivity contribution in [1.82, 2.24) is 4.90 Å². The van der Waals surface area contributed by atoms with E-state index in [0.717, 1.165) is 11.1 Å². The van der Waals surface area contributed by atoms with Crippen molar-refractivity contribution in [3.63, 3.8) is 0 Å². The third-order valence-electron chi connectivity index (χ3n) is 1.41. The minimum absolute atomic E-state index is 0.750. The zero-order valence-electron chi connectivity index (χ0n) is 7.47. The van der Waals surface area contributed by atoms with Crippen LogP contribution in [0.4, 0.5) is 13.2 Å². The summed E-state index contributed by atoms with van der Waals surface area (Å²) in [6, 6.07) is 0. The second-order valence-electron chi connectivity index (χ2n) is 2.48. The van der Waals surface area contributed by atoms with Crippen LogP contribution in [0.25, 0.3) is 0 Å². The molecule has 0 aliphatic heterocycles. The van der Waals surface area contributed by atoms with E-state index < -0.39 is 18.2 Å². The number of rotatable bonds is 2. The molecule has 76 valence electrons. The molecule has 0 saturated heterocycles. The van der Waals surface area contributed by atoms with Gasteiger partial charge in [-0.2, -0.15) is 13.2 Å². The number of nitrogens with zero attached hydrogens (tertiary/aromatic N) is 2. The van der Waals surface area contributed by atoms with Crippen LogP contribution >= 0.6 is 0 Å².